The fraction of sp³-hybridized carbons (Fsp3) is 0.632. The van der Waals surface area contributed by atoms with Gasteiger partial charge in [-0.25, -0.2) is 10.2 Å². The molecule has 1 saturated heterocycles. The second-order valence-corrected chi connectivity index (χ2v) is 7.27. The van der Waals surface area contributed by atoms with Crippen molar-refractivity contribution in [3.05, 3.63) is 29.3 Å². The average Bonchev–Trinajstić information content (AvgIpc) is 3.08. The summed E-state index contributed by atoms with van der Waals surface area (Å²) in [4.78, 5) is 11.9. The van der Waals surface area contributed by atoms with E-state index in [1.54, 1.807) is 7.11 Å². The maximum absolute atomic E-state index is 11.9. The van der Waals surface area contributed by atoms with Gasteiger partial charge in [-0.05, 0) is 49.3 Å². The first kappa shape index (κ1) is 17.6. The van der Waals surface area contributed by atoms with Crippen molar-refractivity contribution < 1.29 is 19.0 Å². The van der Waals surface area contributed by atoms with E-state index in [1.165, 1.54) is 5.56 Å². The fourth-order valence-corrected chi connectivity index (χ4v) is 4.31. The molecule has 4 bridgehead atoms. The number of hydrogen-bond acceptors (Lipinski definition) is 6. The van der Waals surface area contributed by atoms with Gasteiger partial charge in [-0.1, -0.05) is 6.07 Å². The molecule has 3 aliphatic rings. The number of alkyl carbamates (subject to hydrolysis) is 1. The van der Waals surface area contributed by atoms with E-state index in [4.69, 9.17) is 14.2 Å². The summed E-state index contributed by atoms with van der Waals surface area (Å²) in [7, 11) is 1.63. The first-order valence-electron chi connectivity index (χ1n) is 9.44. The van der Waals surface area contributed by atoms with Gasteiger partial charge in [0.25, 0.3) is 0 Å². The van der Waals surface area contributed by atoms with Crippen LogP contribution in [0.5, 0.6) is 5.75 Å². The molecule has 2 heterocycles. The van der Waals surface area contributed by atoms with Gasteiger partial charge in [0, 0.05) is 24.8 Å². The van der Waals surface area contributed by atoms with Crippen LogP contribution in [0.4, 0.5) is 4.79 Å². The lowest BCUT2D eigenvalue weighted by molar-refractivity contribution is 0.00716. The highest BCUT2D eigenvalue weighted by atomic mass is 16.5. The Morgan fingerprint density at radius 3 is 3.04 bits per heavy atom. The highest BCUT2D eigenvalue weighted by Gasteiger charge is 2.41. The summed E-state index contributed by atoms with van der Waals surface area (Å²) in [5.41, 5.74) is 8.99. The molecule has 4 rings (SSSR count). The van der Waals surface area contributed by atoms with Crippen molar-refractivity contribution in [2.75, 3.05) is 20.3 Å². The highest BCUT2D eigenvalue weighted by Crippen LogP contribution is 2.40. The Morgan fingerprint density at radius 1 is 1.23 bits per heavy atom. The number of fused-ring (bicyclic) bond motifs is 4. The molecule has 7 heteroatoms. The molecule has 2 fully saturated rings. The van der Waals surface area contributed by atoms with Gasteiger partial charge in [-0.3, -0.25) is 5.43 Å². The molecule has 1 amide bonds. The number of rotatable bonds is 1. The van der Waals surface area contributed by atoms with Gasteiger partial charge < -0.3 is 19.5 Å². The molecular weight excluding hydrogens is 334 g/mol. The van der Waals surface area contributed by atoms with Gasteiger partial charge in [-0.15, -0.1) is 0 Å². The van der Waals surface area contributed by atoms with Crippen molar-refractivity contribution in [3.63, 3.8) is 0 Å². The van der Waals surface area contributed by atoms with Gasteiger partial charge >= 0.3 is 6.09 Å². The van der Waals surface area contributed by atoms with Crippen LogP contribution in [0.25, 0.3) is 0 Å². The Balaban J connectivity index is 1.62. The van der Waals surface area contributed by atoms with Crippen molar-refractivity contribution in [3.8, 4) is 5.75 Å². The molecule has 0 spiro atoms. The van der Waals surface area contributed by atoms with E-state index in [2.05, 4.69) is 28.3 Å². The van der Waals surface area contributed by atoms with E-state index in [0.29, 0.717) is 25.1 Å². The van der Waals surface area contributed by atoms with E-state index in [0.717, 1.165) is 37.0 Å². The third kappa shape index (κ3) is 3.65. The summed E-state index contributed by atoms with van der Waals surface area (Å²) in [6.45, 7) is 1.41. The molecule has 1 aromatic rings. The maximum atomic E-state index is 11.9. The van der Waals surface area contributed by atoms with Crippen LogP contribution in [0.2, 0.25) is 0 Å². The Morgan fingerprint density at radius 2 is 2.15 bits per heavy atom. The van der Waals surface area contributed by atoms with Crippen molar-refractivity contribution >= 4 is 6.09 Å². The fourth-order valence-electron chi connectivity index (χ4n) is 4.31. The summed E-state index contributed by atoms with van der Waals surface area (Å²) in [6.07, 6.45) is 3.89. The number of hydrogen-bond donors (Lipinski definition) is 3. The molecule has 142 valence electrons. The monoisotopic (exact) mass is 361 g/mol. The third-order valence-electron chi connectivity index (χ3n) is 5.67. The van der Waals surface area contributed by atoms with Crippen LogP contribution in [-0.2, 0) is 16.1 Å². The average molecular weight is 361 g/mol. The van der Waals surface area contributed by atoms with E-state index in [-0.39, 0.29) is 18.8 Å². The zero-order chi connectivity index (χ0) is 17.9. The molecule has 4 unspecified atom stereocenters. The summed E-state index contributed by atoms with van der Waals surface area (Å²) in [6, 6.07) is 6.82. The molecule has 26 heavy (non-hydrogen) atoms. The van der Waals surface area contributed by atoms with Gasteiger partial charge in [0.1, 0.15) is 12.4 Å². The quantitative estimate of drug-likeness (QED) is 0.710. The Kier molecular flexibility index (Phi) is 5.28. The van der Waals surface area contributed by atoms with Crippen LogP contribution in [0.1, 0.15) is 42.9 Å². The topological polar surface area (TPSA) is 80.9 Å². The van der Waals surface area contributed by atoms with E-state index >= 15 is 0 Å². The number of ether oxygens (including phenoxy) is 3. The molecule has 7 nitrogen and oxygen atoms in total. The first-order valence-corrected chi connectivity index (χ1v) is 9.44. The maximum Gasteiger partial charge on any atom is 0.407 e. The van der Waals surface area contributed by atoms with Crippen LogP contribution in [0.15, 0.2) is 18.2 Å². The van der Waals surface area contributed by atoms with Gasteiger partial charge in [0.15, 0.2) is 0 Å². The van der Waals surface area contributed by atoms with Crippen LogP contribution < -0.4 is 20.9 Å². The SMILES string of the molecule is COc1ccc2cc1COC(=O)NCCCOC1CCC3NNC2C3C1. The van der Waals surface area contributed by atoms with E-state index in [1.807, 2.05) is 6.07 Å². The molecule has 0 aromatic heterocycles. The number of carbonyl (C=O) groups excluding carboxylic acids is 1. The zero-order valence-corrected chi connectivity index (χ0v) is 15.1. The predicted octanol–water partition coefficient (Wildman–Crippen LogP) is 2.03. The summed E-state index contributed by atoms with van der Waals surface area (Å²) < 4.78 is 16.9. The van der Waals surface area contributed by atoms with Crippen molar-refractivity contribution in [2.24, 2.45) is 5.92 Å². The first-order chi connectivity index (χ1) is 12.7. The number of nitrogens with one attached hydrogen (secondary N) is 3. The smallest absolute Gasteiger partial charge is 0.407 e. The number of amides is 1. The lowest BCUT2D eigenvalue weighted by Gasteiger charge is -2.33. The summed E-state index contributed by atoms with van der Waals surface area (Å²) in [5, 5.41) is 2.78. The lowest BCUT2D eigenvalue weighted by Crippen LogP contribution is -2.37. The molecule has 1 aliphatic carbocycles. The Labute approximate surface area is 153 Å². The minimum Gasteiger partial charge on any atom is -0.496 e. The number of carbonyl (C=O) groups is 1. The minimum atomic E-state index is -0.410. The van der Waals surface area contributed by atoms with Crippen LogP contribution >= 0.6 is 0 Å². The highest BCUT2D eigenvalue weighted by molar-refractivity contribution is 5.67. The second-order valence-electron chi connectivity index (χ2n) is 7.27. The number of cyclic esters (lactones) is 1. The lowest BCUT2D eigenvalue weighted by atomic mass is 9.78. The Hall–Kier alpha value is -1.83. The van der Waals surface area contributed by atoms with E-state index in [9.17, 15) is 4.79 Å². The standard InChI is InChI=1S/C19H27N3O4/c1-24-17-6-3-12-9-13(17)11-26-19(23)20-7-2-8-25-14-4-5-16-15(10-14)18(12)22-21-16/h3,6,9,14-16,18,21-22H,2,4-5,7-8,10-11H2,1H3,(H,20,23). The van der Waals surface area contributed by atoms with Gasteiger partial charge in [0.2, 0.25) is 0 Å². The van der Waals surface area contributed by atoms with Crippen LogP contribution in [0.3, 0.4) is 0 Å². The molecule has 1 saturated carbocycles. The molecule has 3 N–H and O–H groups in total. The molecular formula is C19H27N3O4. The summed E-state index contributed by atoms with van der Waals surface area (Å²) >= 11 is 0. The largest absolute Gasteiger partial charge is 0.496 e. The molecule has 4 atom stereocenters. The minimum absolute atomic E-state index is 0.191. The molecule has 2 aliphatic heterocycles. The Bertz CT molecular complexity index is 654. The third-order valence-corrected chi connectivity index (χ3v) is 5.67. The van der Waals surface area contributed by atoms with Crippen molar-refractivity contribution in [1.82, 2.24) is 16.2 Å². The van der Waals surface area contributed by atoms with Crippen LogP contribution in [-0.4, -0.2) is 38.5 Å². The molecule has 0 radical (unpaired) electrons. The van der Waals surface area contributed by atoms with Crippen molar-refractivity contribution in [1.29, 1.82) is 0 Å². The number of hydrazine groups is 1. The number of benzene rings is 1. The van der Waals surface area contributed by atoms with Crippen LogP contribution in [0, 0.1) is 5.92 Å². The number of methoxy groups -OCH3 is 1. The zero-order valence-electron chi connectivity index (χ0n) is 15.1. The summed E-state index contributed by atoms with van der Waals surface area (Å²) in [5.74, 6) is 1.22. The van der Waals surface area contributed by atoms with Gasteiger partial charge in [0.05, 0.1) is 19.3 Å². The predicted molar refractivity (Wildman–Crippen MR) is 95.7 cm³/mol. The van der Waals surface area contributed by atoms with Gasteiger partial charge in [-0.2, -0.15) is 0 Å². The van der Waals surface area contributed by atoms with E-state index < -0.39 is 6.09 Å². The normalized spacial score (nSPS) is 32.0. The molecule has 1 aromatic carbocycles. The second kappa shape index (κ2) is 7.82. The van der Waals surface area contributed by atoms with Crippen molar-refractivity contribution in [2.45, 2.75) is 50.5 Å².